The van der Waals surface area contributed by atoms with Gasteiger partial charge in [0.05, 0.1) is 0 Å². The van der Waals surface area contributed by atoms with Gasteiger partial charge in [-0.1, -0.05) is 65.1 Å². The van der Waals surface area contributed by atoms with Crippen molar-refractivity contribution in [1.82, 2.24) is 0 Å². The SMILES string of the molecule is CC(Cl)=C(c1ccc(Cl)cc1)c1ccccc1Cl. The second kappa shape index (κ2) is 5.79. The van der Waals surface area contributed by atoms with Gasteiger partial charge in [-0.25, -0.2) is 0 Å². The van der Waals surface area contributed by atoms with Crippen LogP contribution in [-0.4, -0.2) is 0 Å². The molecule has 0 aliphatic heterocycles. The molecule has 2 aromatic carbocycles. The summed E-state index contributed by atoms with van der Waals surface area (Å²) in [6.07, 6.45) is 0. The zero-order valence-corrected chi connectivity index (χ0v) is 12.0. The fourth-order valence-electron chi connectivity index (χ4n) is 1.82. The molecular formula is C15H11Cl3. The quantitative estimate of drug-likeness (QED) is 0.636. The second-order valence-corrected chi connectivity index (χ2v) is 5.31. The van der Waals surface area contributed by atoms with E-state index >= 15 is 0 Å². The van der Waals surface area contributed by atoms with Crippen molar-refractivity contribution in [1.29, 1.82) is 0 Å². The summed E-state index contributed by atoms with van der Waals surface area (Å²) in [7, 11) is 0. The number of allylic oxidation sites excluding steroid dienone is 1. The topological polar surface area (TPSA) is 0 Å². The minimum Gasteiger partial charge on any atom is -0.0888 e. The van der Waals surface area contributed by atoms with Gasteiger partial charge >= 0.3 is 0 Å². The highest BCUT2D eigenvalue weighted by atomic mass is 35.5. The van der Waals surface area contributed by atoms with Crippen molar-refractivity contribution in [2.24, 2.45) is 0 Å². The van der Waals surface area contributed by atoms with Crippen molar-refractivity contribution >= 4 is 40.4 Å². The Bertz CT molecular complexity index is 579. The third-order valence-corrected chi connectivity index (χ3v) is 3.39. The van der Waals surface area contributed by atoms with Crippen LogP contribution in [0.4, 0.5) is 0 Å². The Morgan fingerprint density at radius 3 is 2.06 bits per heavy atom. The highest BCUT2D eigenvalue weighted by Gasteiger charge is 2.11. The lowest BCUT2D eigenvalue weighted by atomic mass is 9.98. The lowest BCUT2D eigenvalue weighted by Gasteiger charge is -2.11. The second-order valence-electron chi connectivity index (χ2n) is 3.90. The molecule has 18 heavy (non-hydrogen) atoms. The molecule has 0 nitrogen and oxygen atoms in total. The van der Waals surface area contributed by atoms with E-state index in [1.807, 2.05) is 55.5 Å². The van der Waals surface area contributed by atoms with Crippen molar-refractivity contribution in [3.8, 4) is 0 Å². The highest BCUT2D eigenvalue weighted by Crippen LogP contribution is 2.33. The normalized spacial score (nSPS) is 12.2. The fraction of sp³-hybridized carbons (Fsp3) is 0.0667. The molecule has 0 fully saturated rings. The lowest BCUT2D eigenvalue weighted by molar-refractivity contribution is 1.51. The van der Waals surface area contributed by atoms with Gasteiger partial charge in [-0.2, -0.15) is 0 Å². The zero-order chi connectivity index (χ0) is 13.1. The number of rotatable bonds is 2. The Kier molecular flexibility index (Phi) is 4.34. The Morgan fingerprint density at radius 2 is 1.50 bits per heavy atom. The standard InChI is InChI=1S/C15H11Cl3/c1-10(16)15(11-6-8-12(17)9-7-11)13-4-2-3-5-14(13)18/h2-9H,1H3. The van der Waals surface area contributed by atoms with Crippen molar-refractivity contribution in [3.05, 3.63) is 74.7 Å². The van der Waals surface area contributed by atoms with E-state index in [0.717, 1.165) is 16.7 Å². The van der Waals surface area contributed by atoms with Gasteiger partial charge in [-0.15, -0.1) is 0 Å². The van der Waals surface area contributed by atoms with E-state index in [1.165, 1.54) is 0 Å². The van der Waals surface area contributed by atoms with E-state index in [1.54, 1.807) is 0 Å². The molecule has 2 rings (SSSR count). The summed E-state index contributed by atoms with van der Waals surface area (Å²) in [4.78, 5) is 0. The summed E-state index contributed by atoms with van der Waals surface area (Å²) in [6.45, 7) is 1.86. The molecule has 0 aliphatic rings. The van der Waals surface area contributed by atoms with Gasteiger partial charge in [0.25, 0.3) is 0 Å². The minimum atomic E-state index is 0.683. The summed E-state index contributed by atoms with van der Waals surface area (Å²) in [5.41, 5.74) is 2.85. The van der Waals surface area contributed by atoms with E-state index in [0.29, 0.717) is 15.1 Å². The summed E-state index contributed by atoms with van der Waals surface area (Å²) in [6, 6.07) is 15.2. The molecule has 0 saturated heterocycles. The van der Waals surface area contributed by atoms with Crippen LogP contribution in [0.1, 0.15) is 18.1 Å². The van der Waals surface area contributed by atoms with E-state index in [4.69, 9.17) is 34.8 Å². The number of hydrogen-bond acceptors (Lipinski definition) is 0. The van der Waals surface area contributed by atoms with Crippen molar-refractivity contribution < 1.29 is 0 Å². The largest absolute Gasteiger partial charge is 0.0888 e. The van der Waals surface area contributed by atoms with Crippen molar-refractivity contribution in [3.63, 3.8) is 0 Å². The van der Waals surface area contributed by atoms with Gasteiger partial charge in [0, 0.05) is 26.2 Å². The van der Waals surface area contributed by atoms with Gasteiger partial charge in [-0.3, -0.25) is 0 Å². The molecule has 0 unspecified atom stereocenters. The lowest BCUT2D eigenvalue weighted by Crippen LogP contribution is -1.90. The van der Waals surface area contributed by atoms with Crippen LogP contribution >= 0.6 is 34.8 Å². The van der Waals surface area contributed by atoms with Crippen LogP contribution in [0, 0.1) is 0 Å². The van der Waals surface area contributed by atoms with E-state index in [2.05, 4.69) is 0 Å². The predicted molar refractivity (Wildman–Crippen MR) is 80.5 cm³/mol. The minimum absolute atomic E-state index is 0.683. The molecule has 0 bridgehead atoms. The van der Waals surface area contributed by atoms with Crippen LogP contribution in [0.25, 0.3) is 5.57 Å². The summed E-state index contributed by atoms with van der Waals surface area (Å²) < 4.78 is 0. The molecule has 92 valence electrons. The molecule has 0 saturated carbocycles. The molecular weight excluding hydrogens is 287 g/mol. The number of hydrogen-bond donors (Lipinski definition) is 0. The van der Waals surface area contributed by atoms with Gasteiger partial charge < -0.3 is 0 Å². The van der Waals surface area contributed by atoms with Gasteiger partial charge in [0.1, 0.15) is 0 Å². The molecule has 0 N–H and O–H groups in total. The van der Waals surface area contributed by atoms with Gasteiger partial charge in [-0.05, 0) is 30.7 Å². The molecule has 0 aliphatic carbocycles. The third-order valence-electron chi connectivity index (χ3n) is 2.62. The Balaban J connectivity index is 2.59. The molecule has 0 atom stereocenters. The van der Waals surface area contributed by atoms with Crippen LogP contribution in [0.5, 0.6) is 0 Å². The third kappa shape index (κ3) is 2.89. The van der Waals surface area contributed by atoms with Crippen LogP contribution in [0.15, 0.2) is 53.6 Å². The van der Waals surface area contributed by atoms with Gasteiger partial charge in [0.15, 0.2) is 0 Å². The van der Waals surface area contributed by atoms with Gasteiger partial charge in [0.2, 0.25) is 0 Å². The zero-order valence-electron chi connectivity index (χ0n) is 9.75. The van der Waals surface area contributed by atoms with Crippen LogP contribution < -0.4 is 0 Å². The smallest absolute Gasteiger partial charge is 0.0485 e. The van der Waals surface area contributed by atoms with E-state index in [9.17, 15) is 0 Å². The summed E-state index contributed by atoms with van der Waals surface area (Å²) >= 11 is 18.3. The maximum atomic E-state index is 6.23. The van der Waals surface area contributed by atoms with Crippen LogP contribution in [0.3, 0.4) is 0 Å². The first-order valence-corrected chi connectivity index (χ1v) is 6.60. The first-order chi connectivity index (χ1) is 8.59. The average Bonchev–Trinajstić information content (AvgIpc) is 2.34. The fourth-order valence-corrected chi connectivity index (χ4v) is 2.39. The maximum Gasteiger partial charge on any atom is 0.0485 e. The van der Waals surface area contributed by atoms with E-state index in [-0.39, 0.29) is 0 Å². The average molecular weight is 298 g/mol. The Hall–Kier alpha value is -0.950. The summed E-state index contributed by atoms with van der Waals surface area (Å²) in [5.74, 6) is 0. The van der Waals surface area contributed by atoms with Crippen LogP contribution in [0.2, 0.25) is 10.0 Å². The molecule has 2 aromatic rings. The maximum absolute atomic E-state index is 6.23. The number of benzene rings is 2. The van der Waals surface area contributed by atoms with Crippen molar-refractivity contribution in [2.75, 3.05) is 0 Å². The molecule has 0 spiro atoms. The molecule has 0 aromatic heterocycles. The Morgan fingerprint density at radius 1 is 0.889 bits per heavy atom. The molecule has 0 heterocycles. The highest BCUT2D eigenvalue weighted by molar-refractivity contribution is 6.36. The number of halogens is 3. The molecule has 3 heteroatoms. The van der Waals surface area contributed by atoms with Crippen LogP contribution in [-0.2, 0) is 0 Å². The Labute approximate surface area is 122 Å². The van der Waals surface area contributed by atoms with E-state index < -0.39 is 0 Å². The monoisotopic (exact) mass is 296 g/mol. The predicted octanol–water partition coefficient (Wildman–Crippen LogP) is 6.01. The molecule has 0 radical (unpaired) electrons. The summed E-state index contributed by atoms with van der Waals surface area (Å²) in [5, 5.41) is 2.08. The first-order valence-electron chi connectivity index (χ1n) is 5.47. The van der Waals surface area contributed by atoms with Crippen molar-refractivity contribution in [2.45, 2.75) is 6.92 Å². The first kappa shape index (κ1) is 13.5. The molecule has 0 amide bonds.